The van der Waals surface area contributed by atoms with Crippen molar-refractivity contribution in [2.75, 3.05) is 7.05 Å². The average molecular weight is 239 g/mol. The zero-order valence-corrected chi connectivity index (χ0v) is 12.0. The van der Waals surface area contributed by atoms with Gasteiger partial charge in [0.05, 0.1) is 0 Å². The minimum absolute atomic E-state index is 0.208. The molecule has 0 spiro atoms. The van der Waals surface area contributed by atoms with E-state index in [0.29, 0.717) is 11.9 Å². The normalized spacial score (nSPS) is 26.6. The zero-order valence-electron chi connectivity index (χ0n) is 12.0. The van der Waals surface area contributed by atoms with E-state index in [-0.39, 0.29) is 5.92 Å². The van der Waals surface area contributed by atoms with E-state index >= 15 is 0 Å². The molecule has 0 aliphatic heterocycles. The highest BCUT2D eigenvalue weighted by Crippen LogP contribution is 2.27. The Bertz CT molecular complexity index is 231. The quantitative estimate of drug-likeness (QED) is 0.713. The van der Waals surface area contributed by atoms with Gasteiger partial charge in [0.1, 0.15) is 0 Å². The van der Waals surface area contributed by atoms with Gasteiger partial charge in [0.2, 0.25) is 5.91 Å². The molecule has 17 heavy (non-hydrogen) atoms. The van der Waals surface area contributed by atoms with Gasteiger partial charge in [0, 0.05) is 19.0 Å². The number of hydrogen-bond acceptors (Lipinski definition) is 1. The maximum atomic E-state index is 12.3. The van der Waals surface area contributed by atoms with Gasteiger partial charge in [-0.05, 0) is 38.0 Å². The van der Waals surface area contributed by atoms with Crippen LogP contribution in [0.25, 0.3) is 0 Å². The number of rotatable bonds is 5. The lowest BCUT2D eigenvalue weighted by molar-refractivity contribution is -0.136. The van der Waals surface area contributed by atoms with Crippen molar-refractivity contribution >= 4 is 5.91 Å². The third-order valence-corrected chi connectivity index (χ3v) is 4.29. The molecule has 1 saturated carbocycles. The standard InChI is InChI=1S/C15H29NO/c1-5-6-7-13(3)15(17)16(4)14-10-8-12(2)9-11-14/h12-14H,5-11H2,1-4H3. The fourth-order valence-corrected chi connectivity index (χ4v) is 2.79. The molecule has 0 N–H and O–H groups in total. The maximum Gasteiger partial charge on any atom is 0.225 e. The van der Waals surface area contributed by atoms with Gasteiger partial charge in [0.25, 0.3) is 0 Å². The summed E-state index contributed by atoms with van der Waals surface area (Å²) in [6.45, 7) is 6.59. The van der Waals surface area contributed by atoms with E-state index in [2.05, 4.69) is 20.8 Å². The number of carbonyl (C=O) groups is 1. The molecular formula is C15H29NO. The largest absolute Gasteiger partial charge is 0.343 e. The van der Waals surface area contributed by atoms with Crippen molar-refractivity contribution < 1.29 is 4.79 Å². The van der Waals surface area contributed by atoms with E-state index in [1.54, 1.807) is 0 Å². The smallest absolute Gasteiger partial charge is 0.225 e. The van der Waals surface area contributed by atoms with Crippen molar-refractivity contribution in [2.45, 2.75) is 71.8 Å². The van der Waals surface area contributed by atoms with Crippen molar-refractivity contribution in [3.63, 3.8) is 0 Å². The van der Waals surface area contributed by atoms with Gasteiger partial charge in [-0.3, -0.25) is 4.79 Å². The summed E-state index contributed by atoms with van der Waals surface area (Å²) in [6, 6.07) is 0.503. The van der Waals surface area contributed by atoms with E-state index in [4.69, 9.17) is 0 Å². The summed E-state index contributed by atoms with van der Waals surface area (Å²) in [4.78, 5) is 14.3. The third kappa shape index (κ3) is 4.33. The van der Waals surface area contributed by atoms with Crippen molar-refractivity contribution in [1.82, 2.24) is 4.90 Å². The molecule has 2 nitrogen and oxygen atoms in total. The first-order valence-electron chi connectivity index (χ1n) is 7.32. The summed E-state index contributed by atoms with van der Waals surface area (Å²) < 4.78 is 0. The van der Waals surface area contributed by atoms with E-state index in [1.165, 1.54) is 38.5 Å². The van der Waals surface area contributed by atoms with Crippen LogP contribution >= 0.6 is 0 Å². The highest BCUT2D eigenvalue weighted by molar-refractivity contribution is 5.78. The van der Waals surface area contributed by atoms with Crippen LogP contribution in [-0.2, 0) is 4.79 Å². The predicted molar refractivity (Wildman–Crippen MR) is 72.9 cm³/mol. The molecular weight excluding hydrogens is 210 g/mol. The fraction of sp³-hybridized carbons (Fsp3) is 0.933. The van der Waals surface area contributed by atoms with E-state index in [0.717, 1.165) is 12.3 Å². The summed E-state index contributed by atoms with van der Waals surface area (Å²) in [5.41, 5.74) is 0. The summed E-state index contributed by atoms with van der Waals surface area (Å²) >= 11 is 0. The Morgan fingerprint density at radius 1 is 1.29 bits per heavy atom. The molecule has 1 fully saturated rings. The minimum atomic E-state index is 0.208. The maximum absolute atomic E-state index is 12.3. The Labute approximate surface area is 107 Å². The van der Waals surface area contributed by atoms with Crippen LogP contribution in [0.3, 0.4) is 0 Å². The summed E-state index contributed by atoms with van der Waals surface area (Å²) in [5, 5.41) is 0. The first-order chi connectivity index (χ1) is 8.06. The first-order valence-corrected chi connectivity index (χ1v) is 7.32. The molecule has 1 aliphatic rings. The monoisotopic (exact) mass is 239 g/mol. The molecule has 0 aromatic carbocycles. The molecule has 0 bridgehead atoms. The molecule has 0 aromatic rings. The van der Waals surface area contributed by atoms with Gasteiger partial charge >= 0.3 is 0 Å². The van der Waals surface area contributed by atoms with Gasteiger partial charge < -0.3 is 4.90 Å². The van der Waals surface area contributed by atoms with E-state index in [1.807, 2.05) is 11.9 Å². The summed E-state index contributed by atoms with van der Waals surface area (Å²) in [5.74, 6) is 1.42. The first kappa shape index (κ1) is 14.5. The molecule has 1 unspecified atom stereocenters. The number of unbranched alkanes of at least 4 members (excludes halogenated alkanes) is 1. The molecule has 0 radical (unpaired) electrons. The molecule has 100 valence electrons. The molecule has 2 heteroatoms. The fourth-order valence-electron chi connectivity index (χ4n) is 2.79. The lowest BCUT2D eigenvalue weighted by atomic mass is 9.86. The van der Waals surface area contributed by atoms with Gasteiger partial charge in [-0.1, -0.05) is 33.6 Å². The lowest BCUT2D eigenvalue weighted by Crippen LogP contribution is -2.41. The van der Waals surface area contributed by atoms with Crippen LogP contribution < -0.4 is 0 Å². The molecule has 1 aliphatic carbocycles. The third-order valence-electron chi connectivity index (χ3n) is 4.29. The number of hydrogen-bond donors (Lipinski definition) is 0. The topological polar surface area (TPSA) is 20.3 Å². The van der Waals surface area contributed by atoms with Gasteiger partial charge in [0.15, 0.2) is 0 Å². The highest BCUT2D eigenvalue weighted by atomic mass is 16.2. The van der Waals surface area contributed by atoms with Crippen LogP contribution in [0.2, 0.25) is 0 Å². The number of nitrogens with zero attached hydrogens (tertiary/aromatic N) is 1. The predicted octanol–water partition coefficient (Wildman–Crippen LogP) is 3.85. The number of carbonyl (C=O) groups excluding carboxylic acids is 1. The Balaban J connectivity index is 2.40. The molecule has 0 heterocycles. The SMILES string of the molecule is CCCCC(C)C(=O)N(C)C1CCC(C)CC1. The van der Waals surface area contributed by atoms with Gasteiger partial charge in [-0.2, -0.15) is 0 Å². The molecule has 1 amide bonds. The summed E-state index contributed by atoms with van der Waals surface area (Å²) in [7, 11) is 2.01. The van der Waals surface area contributed by atoms with Gasteiger partial charge in [-0.15, -0.1) is 0 Å². The van der Waals surface area contributed by atoms with Crippen LogP contribution in [0.4, 0.5) is 0 Å². The lowest BCUT2D eigenvalue weighted by Gasteiger charge is -2.35. The van der Waals surface area contributed by atoms with E-state index < -0.39 is 0 Å². The highest BCUT2D eigenvalue weighted by Gasteiger charge is 2.26. The van der Waals surface area contributed by atoms with E-state index in [9.17, 15) is 4.79 Å². The van der Waals surface area contributed by atoms with Crippen molar-refractivity contribution in [2.24, 2.45) is 11.8 Å². The van der Waals surface area contributed by atoms with Crippen LogP contribution in [0, 0.1) is 11.8 Å². The van der Waals surface area contributed by atoms with Crippen LogP contribution in [0.15, 0.2) is 0 Å². The molecule has 0 saturated heterocycles. The second-order valence-corrected chi connectivity index (χ2v) is 5.91. The van der Waals surface area contributed by atoms with Crippen LogP contribution in [0.1, 0.15) is 65.7 Å². The molecule has 0 aromatic heterocycles. The Hall–Kier alpha value is -0.530. The van der Waals surface area contributed by atoms with Crippen LogP contribution in [0.5, 0.6) is 0 Å². The minimum Gasteiger partial charge on any atom is -0.343 e. The second-order valence-electron chi connectivity index (χ2n) is 5.91. The molecule has 1 atom stereocenters. The Kier molecular flexibility index (Phi) is 6.01. The second kappa shape index (κ2) is 7.03. The van der Waals surface area contributed by atoms with Gasteiger partial charge in [-0.25, -0.2) is 0 Å². The molecule has 1 rings (SSSR count). The Morgan fingerprint density at radius 3 is 2.41 bits per heavy atom. The van der Waals surface area contributed by atoms with Crippen molar-refractivity contribution in [3.05, 3.63) is 0 Å². The van der Waals surface area contributed by atoms with Crippen molar-refractivity contribution in [1.29, 1.82) is 0 Å². The number of amides is 1. The average Bonchev–Trinajstić information content (AvgIpc) is 2.35. The van der Waals surface area contributed by atoms with Crippen LogP contribution in [-0.4, -0.2) is 23.9 Å². The Morgan fingerprint density at radius 2 is 1.88 bits per heavy atom. The van der Waals surface area contributed by atoms with Crippen molar-refractivity contribution in [3.8, 4) is 0 Å². The zero-order chi connectivity index (χ0) is 12.8. The summed E-state index contributed by atoms with van der Waals surface area (Å²) in [6.07, 6.45) is 8.36.